The predicted molar refractivity (Wildman–Crippen MR) is 87.5 cm³/mol. The van der Waals surface area contributed by atoms with Crippen molar-refractivity contribution in [3.63, 3.8) is 0 Å². The Morgan fingerprint density at radius 1 is 1.40 bits per heavy atom. The lowest BCUT2D eigenvalue weighted by atomic mass is 9.91. The molecule has 1 aromatic rings. The van der Waals surface area contributed by atoms with E-state index in [0.29, 0.717) is 6.04 Å². The molecule has 3 heteroatoms. The van der Waals surface area contributed by atoms with E-state index in [4.69, 9.17) is 0 Å². The van der Waals surface area contributed by atoms with E-state index < -0.39 is 0 Å². The highest BCUT2D eigenvalue weighted by molar-refractivity contribution is 7.12. The molecule has 0 saturated carbocycles. The van der Waals surface area contributed by atoms with Crippen LogP contribution in [0.5, 0.6) is 0 Å². The number of fused-ring (bicyclic) bond motifs is 1. The van der Waals surface area contributed by atoms with Crippen molar-refractivity contribution < 1.29 is 0 Å². The fourth-order valence-electron chi connectivity index (χ4n) is 3.69. The minimum atomic E-state index is 0.640. The summed E-state index contributed by atoms with van der Waals surface area (Å²) in [6, 6.07) is 3.09. The number of aryl methyl sites for hydroxylation is 2. The molecule has 2 aliphatic rings. The summed E-state index contributed by atoms with van der Waals surface area (Å²) in [6.07, 6.45) is 6.78. The van der Waals surface area contributed by atoms with Crippen LogP contribution in [0.25, 0.3) is 0 Å². The molecule has 0 spiro atoms. The van der Waals surface area contributed by atoms with Gasteiger partial charge in [-0.15, -0.1) is 11.3 Å². The molecule has 1 N–H and O–H groups in total. The Hall–Kier alpha value is -0.380. The first kappa shape index (κ1) is 14.6. The van der Waals surface area contributed by atoms with Crippen molar-refractivity contribution in [1.29, 1.82) is 0 Å². The molecule has 2 nitrogen and oxygen atoms in total. The zero-order valence-electron chi connectivity index (χ0n) is 13.0. The van der Waals surface area contributed by atoms with Gasteiger partial charge in [0.15, 0.2) is 0 Å². The van der Waals surface area contributed by atoms with Crippen LogP contribution in [0.4, 0.5) is 0 Å². The molecule has 1 saturated heterocycles. The summed E-state index contributed by atoms with van der Waals surface area (Å²) in [5.74, 6) is 0.829. The van der Waals surface area contributed by atoms with Gasteiger partial charge in [0.2, 0.25) is 0 Å². The van der Waals surface area contributed by atoms with E-state index in [1.54, 1.807) is 15.3 Å². The average molecular weight is 292 g/mol. The van der Waals surface area contributed by atoms with Crippen LogP contribution in [-0.2, 0) is 19.4 Å². The van der Waals surface area contributed by atoms with Gasteiger partial charge >= 0.3 is 0 Å². The quantitative estimate of drug-likeness (QED) is 0.894. The zero-order chi connectivity index (χ0) is 13.9. The third kappa shape index (κ3) is 3.26. The minimum Gasteiger partial charge on any atom is -0.309 e. The van der Waals surface area contributed by atoms with Gasteiger partial charge in [0.25, 0.3) is 0 Å². The number of hydrogen-bond donors (Lipinski definition) is 1. The van der Waals surface area contributed by atoms with Crippen LogP contribution in [0.15, 0.2) is 6.07 Å². The molecule has 0 radical (unpaired) electrons. The van der Waals surface area contributed by atoms with Crippen LogP contribution in [0.3, 0.4) is 0 Å². The fourth-order valence-corrected chi connectivity index (χ4v) is 4.90. The molecule has 0 bridgehead atoms. The lowest BCUT2D eigenvalue weighted by Crippen LogP contribution is -2.44. The molecular weight excluding hydrogens is 264 g/mol. The minimum absolute atomic E-state index is 0.640. The molecule has 1 fully saturated rings. The van der Waals surface area contributed by atoms with Gasteiger partial charge in [-0.1, -0.05) is 6.92 Å². The molecule has 112 valence electrons. The van der Waals surface area contributed by atoms with Crippen LogP contribution in [0, 0.1) is 5.92 Å². The van der Waals surface area contributed by atoms with Crippen LogP contribution < -0.4 is 5.32 Å². The Balaban J connectivity index is 1.49. The van der Waals surface area contributed by atoms with Crippen molar-refractivity contribution in [3.8, 4) is 0 Å². The molecule has 0 amide bonds. The van der Waals surface area contributed by atoms with E-state index in [1.807, 2.05) is 11.3 Å². The van der Waals surface area contributed by atoms with Gasteiger partial charge in [0.1, 0.15) is 0 Å². The summed E-state index contributed by atoms with van der Waals surface area (Å²) < 4.78 is 0. The highest BCUT2D eigenvalue weighted by Gasteiger charge is 2.23. The van der Waals surface area contributed by atoms with E-state index in [2.05, 4.69) is 30.1 Å². The van der Waals surface area contributed by atoms with Crippen LogP contribution >= 0.6 is 11.3 Å². The van der Waals surface area contributed by atoms with Crippen LogP contribution in [0.2, 0.25) is 0 Å². The second-order valence-corrected chi connectivity index (χ2v) is 7.70. The highest BCUT2D eigenvalue weighted by Crippen LogP contribution is 2.30. The first-order valence-corrected chi connectivity index (χ1v) is 9.14. The predicted octanol–water partition coefficient (Wildman–Crippen LogP) is 3.45. The first-order chi connectivity index (χ1) is 9.76. The second kappa shape index (κ2) is 6.59. The van der Waals surface area contributed by atoms with Crippen molar-refractivity contribution in [3.05, 3.63) is 21.4 Å². The third-order valence-electron chi connectivity index (χ3n) is 5.09. The highest BCUT2D eigenvalue weighted by atomic mass is 32.1. The summed E-state index contributed by atoms with van der Waals surface area (Å²) in [7, 11) is 0. The van der Waals surface area contributed by atoms with E-state index in [-0.39, 0.29) is 0 Å². The Labute approximate surface area is 127 Å². The summed E-state index contributed by atoms with van der Waals surface area (Å²) in [4.78, 5) is 5.81. The number of thiophene rings is 1. The first-order valence-electron chi connectivity index (χ1n) is 8.32. The van der Waals surface area contributed by atoms with Crippen LogP contribution in [-0.4, -0.2) is 30.6 Å². The molecule has 2 heterocycles. The van der Waals surface area contributed by atoms with Gasteiger partial charge in [-0.25, -0.2) is 0 Å². The average Bonchev–Trinajstić information content (AvgIpc) is 3.05. The van der Waals surface area contributed by atoms with E-state index in [1.165, 1.54) is 51.7 Å². The maximum Gasteiger partial charge on any atom is 0.0302 e. The van der Waals surface area contributed by atoms with Crippen molar-refractivity contribution in [2.75, 3.05) is 19.6 Å². The number of nitrogens with one attached hydrogen (secondary N) is 1. The topological polar surface area (TPSA) is 15.3 Å². The van der Waals surface area contributed by atoms with Crippen molar-refractivity contribution in [2.45, 2.75) is 58.5 Å². The molecule has 2 unspecified atom stereocenters. The van der Waals surface area contributed by atoms with E-state index in [0.717, 1.165) is 12.5 Å². The van der Waals surface area contributed by atoms with Gasteiger partial charge in [-0.2, -0.15) is 0 Å². The Morgan fingerprint density at radius 2 is 2.30 bits per heavy atom. The maximum atomic E-state index is 3.79. The van der Waals surface area contributed by atoms with Gasteiger partial charge < -0.3 is 10.2 Å². The van der Waals surface area contributed by atoms with E-state index >= 15 is 0 Å². The van der Waals surface area contributed by atoms with Gasteiger partial charge in [-0.3, -0.25) is 0 Å². The zero-order valence-corrected chi connectivity index (χ0v) is 13.8. The SMILES string of the molecule is CCN1CCCC(C(C)NCc2cc3c(s2)CCC3)C1. The van der Waals surface area contributed by atoms with Gasteiger partial charge in [-0.05, 0) is 69.7 Å². The van der Waals surface area contributed by atoms with Gasteiger partial charge in [0, 0.05) is 28.9 Å². The van der Waals surface area contributed by atoms with E-state index in [9.17, 15) is 0 Å². The number of rotatable bonds is 5. The number of piperidine rings is 1. The molecule has 3 rings (SSSR count). The van der Waals surface area contributed by atoms with Crippen molar-refractivity contribution in [1.82, 2.24) is 10.2 Å². The van der Waals surface area contributed by atoms with Crippen LogP contribution in [0.1, 0.15) is 48.4 Å². The largest absolute Gasteiger partial charge is 0.309 e. The Bertz CT molecular complexity index is 419. The summed E-state index contributed by atoms with van der Waals surface area (Å²) in [5.41, 5.74) is 1.63. The summed E-state index contributed by atoms with van der Waals surface area (Å²) in [6.45, 7) is 9.53. The lowest BCUT2D eigenvalue weighted by molar-refractivity contribution is 0.157. The maximum absolute atomic E-state index is 3.79. The summed E-state index contributed by atoms with van der Waals surface area (Å²) in [5, 5.41) is 3.79. The molecule has 1 aliphatic carbocycles. The fraction of sp³-hybridized carbons (Fsp3) is 0.765. The number of hydrogen-bond acceptors (Lipinski definition) is 3. The van der Waals surface area contributed by atoms with Gasteiger partial charge in [0.05, 0.1) is 0 Å². The normalized spacial score (nSPS) is 24.8. The Kier molecular flexibility index (Phi) is 4.79. The monoisotopic (exact) mass is 292 g/mol. The molecule has 1 aromatic heterocycles. The van der Waals surface area contributed by atoms with Crippen molar-refractivity contribution in [2.24, 2.45) is 5.92 Å². The molecule has 0 aromatic carbocycles. The standard InChI is InChI=1S/C17H28N2S/c1-3-19-9-5-7-15(12-19)13(2)18-11-16-10-14-6-4-8-17(14)20-16/h10,13,15,18H,3-9,11-12H2,1-2H3. The molecule has 20 heavy (non-hydrogen) atoms. The molecule has 1 aliphatic heterocycles. The molecule has 2 atom stereocenters. The Morgan fingerprint density at radius 3 is 3.10 bits per heavy atom. The second-order valence-electron chi connectivity index (χ2n) is 6.48. The number of nitrogens with zero attached hydrogens (tertiary/aromatic N) is 1. The lowest BCUT2D eigenvalue weighted by Gasteiger charge is -2.35. The number of likely N-dealkylation sites (tertiary alicyclic amines) is 1. The third-order valence-corrected chi connectivity index (χ3v) is 6.33. The summed E-state index contributed by atoms with van der Waals surface area (Å²) >= 11 is 2.04. The van der Waals surface area contributed by atoms with Crippen molar-refractivity contribution >= 4 is 11.3 Å². The smallest absolute Gasteiger partial charge is 0.0302 e. The molecular formula is C17H28N2S.